The molecule has 0 aliphatic heterocycles. The van der Waals surface area contributed by atoms with Crippen molar-refractivity contribution in [3.05, 3.63) is 28.0 Å². The number of aromatic nitrogens is 1. The SMILES string of the molecule is CC(C1CC1)N(CC(F)(F)F)C(=O)c1cc(Cl)nc(Cl)c1. The Morgan fingerprint density at radius 2 is 1.90 bits per heavy atom. The number of nitrogens with zero attached hydrogens (tertiary/aromatic N) is 2. The predicted octanol–water partition coefficient (Wildman–Crippen LogP) is 4.19. The molecule has 0 radical (unpaired) electrons. The summed E-state index contributed by atoms with van der Waals surface area (Å²) in [5.41, 5.74) is 0.0109. The fourth-order valence-electron chi connectivity index (χ4n) is 2.18. The highest BCUT2D eigenvalue weighted by atomic mass is 35.5. The molecular weight excluding hydrogens is 328 g/mol. The van der Waals surface area contributed by atoms with Gasteiger partial charge in [0.15, 0.2) is 0 Å². The molecule has 0 spiro atoms. The Bertz CT molecular complexity index is 526. The Hall–Kier alpha value is -1.01. The van der Waals surface area contributed by atoms with E-state index < -0.39 is 24.7 Å². The van der Waals surface area contributed by atoms with Crippen LogP contribution in [0.2, 0.25) is 10.3 Å². The summed E-state index contributed by atoms with van der Waals surface area (Å²) in [7, 11) is 0. The highest BCUT2D eigenvalue weighted by Gasteiger charge is 2.40. The maximum Gasteiger partial charge on any atom is 0.406 e. The minimum atomic E-state index is -4.46. The lowest BCUT2D eigenvalue weighted by Crippen LogP contribution is -2.45. The van der Waals surface area contributed by atoms with Crippen molar-refractivity contribution in [2.45, 2.75) is 32.0 Å². The van der Waals surface area contributed by atoms with E-state index in [1.54, 1.807) is 6.92 Å². The van der Waals surface area contributed by atoms with Crippen LogP contribution in [0.1, 0.15) is 30.1 Å². The van der Waals surface area contributed by atoms with E-state index in [4.69, 9.17) is 23.2 Å². The van der Waals surface area contributed by atoms with Gasteiger partial charge < -0.3 is 4.90 Å². The molecule has 1 aliphatic carbocycles. The zero-order valence-corrected chi connectivity index (χ0v) is 12.6. The first-order valence-electron chi connectivity index (χ1n) is 6.38. The Balaban J connectivity index is 2.28. The monoisotopic (exact) mass is 340 g/mol. The molecule has 1 aromatic heterocycles. The van der Waals surface area contributed by atoms with E-state index in [1.165, 1.54) is 12.1 Å². The maximum absolute atomic E-state index is 12.7. The van der Waals surface area contributed by atoms with Gasteiger partial charge in [0.05, 0.1) is 0 Å². The number of hydrogen-bond acceptors (Lipinski definition) is 2. The van der Waals surface area contributed by atoms with Crippen molar-refractivity contribution in [2.24, 2.45) is 5.92 Å². The smallest absolute Gasteiger partial charge is 0.327 e. The number of carbonyl (C=O) groups excluding carboxylic acids is 1. The summed E-state index contributed by atoms with van der Waals surface area (Å²) in [4.78, 5) is 16.9. The third-order valence-corrected chi connectivity index (χ3v) is 3.80. The van der Waals surface area contributed by atoms with Gasteiger partial charge in [-0.15, -0.1) is 0 Å². The largest absolute Gasteiger partial charge is 0.406 e. The molecule has 21 heavy (non-hydrogen) atoms. The van der Waals surface area contributed by atoms with Gasteiger partial charge in [0.2, 0.25) is 0 Å². The third kappa shape index (κ3) is 4.48. The number of halogens is 5. The molecule has 1 aliphatic rings. The van der Waals surface area contributed by atoms with Crippen LogP contribution >= 0.6 is 23.2 Å². The fourth-order valence-corrected chi connectivity index (χ4v) is 2.64. The van der Waals surface area contributed by atoms with Crippen molar-refractivity contribution in [3.63, 3.8) is 0 Å². The van der Waals surface area contributed by atoms with Crippen LogP contribution in [0, 0.1) is 5.92 Å². The fraction of sp³-hybridized carbons (Fsp3) is 0.538. The van der Waals surface area contributed by atoms with Crippen LogP contribution in [0.4, 0.5) is 13.2 Å². The van der Waals surface area contributed by atoms with E-state index in [9.17, 15) is 18.0 Å². The van der Waals surface area contributed by atoms with E-state index in [0.717, 1.165) is 17.7 Å². The molecule has 1 unspecified atom stereocenters. The van der Waals surface area contributed by atoms with Gasteiger partial charge >= 0.3 is 6.18 Å². The first kappa shape index (κ1) is 16.4. The summed E-state index contributed by atoms with van der Waals surface area (Å²) in [6.45, 7) is 0.340. The summed E-state index contributed by atoms with van der Waals surface area (Å²) in [5, 5.41) is -0.0613. The highest BCUT2D eigenvalue weighted by Crippen LogP contribution is 2.36. The molecule has 2 rings (SSSR count). The molecule has 3 nitrogen and oxygen atoms in total. The van der Waals surface area contributed by atoms with Crippen LogP contribution in [0.3, 0.4) is 0 Å². The first-order valence-corrected chi connectivity index (χ1v) is 7.14. The molecule has 1 heterocycles. The third-order valence-electron chi connectivity index (χ3n) is 3.42. The van der Waals surface area contributed by atoms with E-state index in [1.807, 2.05) is 0 Å². The van der Waals surface area contributed by atoms with Gasteiger partial charge in [-0.2, -0.15) is 13.2 Å². The second-order valence-electron chi connectivity index (χ2n) is 5.13. The van der Waals surface area contributed by atoms with Gasteiger partial charge in [0, 0.05) is 11.6 Å². The molecule has 1 atom stereocenters. The minimum absolute atomic E-state index is 0.0109. The lowest BCUT2D eigenvalue weighted by molar-refractivity contribution is -0.144. The number of carbonyl (C=O) groups is 1. The Morgan fingerprint density at radius 3 is 2.33 bits per heavy atom. The summed E-state index contributed by atoms with van der Waals surface area (Å²) in [6, 6.07) is 1.96. The summed E-state index contributed by atoms with van der Waals surface area (Å²) < 4.78 is 38.2. The Labute approximate surface area is 130 Å². The van der Waals surface area contributed by atoms with Gasteiger partial charge in [0.25, 0.3) is 5.91 Å². The van der Waals surface area contributed by atoms with Gasteiger partial charge in [-0.3, -0.25) is 4.79 Å². The lowest BCUT2D eigenvalue weighted by atomic mass is 10.1. The van der Waals surface area contributed by atoms with E-state index in [0.29, 0.717) is 0 Å². The zero-order valence-electron chi connectivity index (χ0n) is 11.1. The van der Waals surface area contributed by atoms with E-state index >= 15 is 0 Å². The normalized spacial score (nSPS) is 16.7. The Morgan fingerprint density at radius 1 is 1.38 bits per heavy atom. The molecule has 1 amide bonds. The summed E-state index contributed by atoms with van der Waals surface area (Å²) in [6.07, 6.45) is -2.79. The van der Waals surface area contributed by atoms with Crippen LogP contribution in [0.5, 0.6) is 0 Å². The molecule has 116 valence electrons. The summed E-state index contributed by atoms with van der Waals surface area (Å²) >= 11 is 11.4. The Kier molecular flexibility index (Phi) is 4.68. The first-order chi connectivity index (χ1) is 9.67. The van der Waals surface area contributed by atoms with Crippen molar-refractivity contribution >= 4 is 29.1 Å². The number of hydrogen-bond donors (Lipinski definition) is 0. The van der Waals surface area contributed by atoms with Crippen LogP contribution in [-0.4, -0.2) is 34.6 Å². The topological polar surface area (TPSA) is 33.2 Å². The molecule has 0 saturated heterocycles. The van der Waals surface area contributed by atoms with Crippen molar-refractivity contribution in [1.82, 2.24) is 9.88 Å². The molecule has 0 bridgehead atoms. The zero-order chi connectivity index (χ0) is 15.8. The molecular formula is C13H13Cl2F3N2O. The van der Waals surface area contributed by atoms with E-state index in [-0.39, 0.29) is 21.8 Å². The van der Waals surface area contributed by atoms with Crippen molar-refractivity contribution in [3.8, 4) is 0 Å². The van der Waals surface area contributed by atoms with Gasteiger partial charge in [-0.05, 0) is 37.8 Å². The van der Waals surface area contributed by atoms with Crippen molar-refractivity contribution in [1.29, 1.82) is 0 Å². The van der Waals surface area contributed by atoms with Crippen LogP contribution in [0.15, 0.2) is 12.1 Å². The number of alkyl halides is 3. The standard InChI is InChI=1S/C13H13Cl2F3N2O/c1-7(8-2-3-8)20(6-13(16,17)18)12(21)9-4-10(14)19-11(15)5-9/h4-5,7-8H,2-3,6H2,1H3. The van der Waals surface area contributed by atoms with Gasteiger partial charge in [-0.1, -0.05) is 23.2 Å². The van der Waals surface area contributed by atoms with Gasteiger partial charge in [-0.25, -0.2) is 4.98 Å². The summed E-state index contributed by atoms with van der Waals surface area (Å²) in [5.74, 6) is -0.623. The predicted molar refractivity (Wildman–Crippen MR) is 73.5 cm³/mol. The molecule has 1 fully saturated rings. The average molecular weight is 341 g/mol. The average Bonchev–Trinajstić information content (AvgIpc) is 3.16. The second-order valence-corrected chi connectivity index (χ2v) is 5.90. The molecule has 0 aromatic carbocycles. The van der Waals surface area contributed by atoms with E-state index in [2.05, 4.69) is 4.98 Å². The molecule has 1 aromatic rings. The van der Waals surface area contributed by atoms with Crippen LogP contribution in [-0.2, 0) is 0 Å². The second kappa shape index (κ2) is 6.01. The van der Waals surface area contributed by atoms with Gasteiger partial charge in [0.1, 0.15) is 16.9 Å². The number of pyridine rings is 1. The quantitative estimate of drug-likeness (QED) is 0.770. The van der Waals surface area contributed by atoms with Crippen LogP contribution in [0.25, 0.3) is 0 Å². The number of amides is 1. The minimum Gasteiger partial charge on any atom is -0.327 e. The highest BCUT2D eigenvalue weighted by molar-refractivity contribution is 6.33. The van der Waals surface area contributed by atoms with Crippen molar-refractivity contribution in [2.75, 3.05) is 6.54 Å². The molecule has 8 heteroatoms. The lowest BCUT2D eigenvalue weighted by Gasteiger charge is -2.30. The number of rotatable bonds is 4. The molecule has 0 N–H and O–H groups in total. The van der Waals surface area contributed by atoms with Crippen molar-refractivity contribution < 1.29 is 18.0 Å². The van der Waals surface area contributed by atoms with Crippen LogP contribution < -0.4 is 0 Å². The maximum atomic E-state index is 12.7. The molecule has 1 saturated carbocycles.